The highest BCUT2D eigenvalue weighted by molar-refractivity contribution is 6.04. The number of ether oxygens (including phenoxy) is 1. The molecule has 2 heterocycles. The second kappa shape index (κ2) is 4.31. The van der Waals surface area contributed by atoms with Gasteiger partial charge in [-0.2, -0.15) is 0 Å². The first-order valence-electron chi connectivity index (χ1n) is 6.38. The maximum absolute atomic E-state index is 11.6. The molecular formula is C15H15NO3. The number of carboxylic acid groups (broad SMARTS) is 1. The van der Waals surface area contributed by atoms with Crippen LogP contribution in [0.2, 0.25) is 0 Å². The number of pyridine rings is 1. The Balaban J connectivity index is 2.39. The van der Waals surface area contributed by atoms with Crippen LogP contribution >= 0.6 is 0 Å². The molecule has 1 aliphatic rings. The van der Waals surface area contributed by atoms with Gasteiger partial charge in [0.15, 0.2) is 0 Å². The highest BCUT2D eigenvalue weighted by Crippen LogP contribution is 2.35. The number of para-hydroxylation sites is 1. The summed E-state index contributed by atoms with van der Waals surface area (Å²) in [5.41, 5.74) is 2.65. The maximum atomic E-state index is 11.6. The summed E-state index contributed by atoms with van der Waals surface area (Å²) in [6, 6.07) is 7.36. The summed E-state index contributed by atoms with van der Waals surface area (Å²) < 4.78 is 5.75. The zero-order valence-corrected chi connectivity index (χ0v) is 10.9. The molecule has 0 saturated carbocycles. The molecule has 0 bridgehead atoms. The Bertz CT molecular complexity index is 666. The minimum absolute atomic E-state index is 0.0674. The Labute approximate surface area is 111 Å². The van der Waals surface area contributed by atoms with Crippen LogP contribution in [0.4, 0.5) is 0 Å². The van der Waals surface area contributed by atoms with Crippen LogP contribution < -0.4 is 0 Å². The number of nitrogens with zero attached hydrogens (tertiary/aromatic N) is 1. The Kier molecular flexibility index (Phi) is 2.75. The number of aromatic carboxylic acids is 1. The van der Waals surface area contributed by atoms with Gasteiger partial charge in [0.2, 0.25) is 0 Å². The normalized spacial score (nSPS) is 22.2. The number of benzene rings is 1. The lowest BCUT2D eigenvalue weighted by molar-refractivity contribution is -0.00661. The summed E-state index contributed by atoms with van der Waals surface area (Å²) in [4.78, 5) is 16.2. The van der Waals surface area contributed by atoms with Crippen LogP contribution in [0.3, 0.4) is 0 Å². The number of carbonyl (C=O) groups is 1. The molecule has 19 heavy (non-hydrogen) atoms. The van der Waals surface area contributed by atoms with Crippen molar-refractivity contribution in [3.63, 3.8) is 0 Å². The zero-order valence-electron chi connectivity index (χ0n) is 10.9. The zero-order chi connectivity index (χ0) is 13.6. The van der Waals surface area contributed by atoms with Crippen LogP contribution in [0.1, 0.15) is 41.6 Å². The molecule has 0 radical (unpaired) electrons. The molecule has 2 atom stereocenters. The summed E-state index contributed by atoms with van der Waals surface area (Å²) in [7, 11) is 0. The van der Waals surface area contributed by atoms with Gasteiger partial charge in [0.05, 0.1) is 29.0 Å². The molecule has 0 aliphatic carbocycles. The van der Waals surface area contributed by atoms with Crippen molar-refractivity contribution in [2.45, 2.75) is 32.5 Å². The van der Waals surface area contributed by atoms with Gasteiger partial charge in [-0.05, 0) is 19.9 Å². The van der Waals surface area contributed by atoms with Crippen molar-refractivity contribution in [3.8, 4) is 0 Å². The summed E-state index contributed by atoms with van der Waals surface area (Å²) in [5, 5.41) is 10.2. The quantitative estimate of drug-likeness (QED) is 0.853. The average molecular weight is 257 g/mol. The van der Waals surface area contributed by atoms with Crippen LogP contribution in [0.5, 0.6) is 0 Å². The van der Waals surface area contributed by atoms with Gasteiger partial charge in [0.1, 0.15) is 0 Å². The maximum Gasteiger partial charge on any atom is 0.336 e. The number of rotatable bonds is 1. The molecule has 0 spiro atoms. The summed E-state index contributed by atoms with van der Waals surface area (Å²) in [5.74, 6) is -0.917. The van der Waals surface area contributed by atoms with Gasteiger partial charge in [-0.15, -0.1) is 0 Å². The topological polar surface area (TPSA) is 59.4 Å². The fourth-order valence-electron chi connectivity index (χ4n) is 2.84. The van der Waals surface area contributed by atoms with E-state index < -0.39 is 5.97 Å². The molecule has 2 unspecified atom stereocenters. The lowest BCUT2D eigenvalue weighted by Gasteiger charge is -2.29. The van der Waals surface area contributed by atoms with E-state index in [9.17, 15) is 9.90 Å². The van der Waals surface area contributed by atoms with E-state index in [2.05, 4.69) is 4.98 Å². The van der Waals surface area contributed by atoms with E-state index in [1.54, 1.807) is 6.07 Å². The molecule has 1 N–H and O–H groups in total. The molecule has 0 saturated heterocycles. The molecule has 1 aromatic carbocycles. The van der Waals surface area contributed by atoms with E-state index in [1.807, 2.05) is 32.0 Å². The van der Waals surface area contributed by atoms with Crippen molar-refractivity contribution in [1.82, 2.24) is 4.98 Å². The number of aromatic nitrogens is 1. The highest BCUT2D eigenvalue weighted by atomic mass is 16.5. The molecule has 0 amide bonds. The third-order valence-corrected chi connectivity index (χ3v) is 3.55. The SMILES string of the molecule is CC1Cc2nc3ccccc3c(C(=O)O)c2C(C)O1. The predicted octanol–water partition coefficient (Wildman–Crippen LogP) is 2.96. The van der Waals surface area contributed by atoms with Crippen molar-refractivity contribution in [2.24, 2.45) is 0 Å². The second-order valence-corrected chi connectivity index (χ2v) is 4.96. The van der Waals surface area contributed by atoms with Gasteiger partial charge in [-0.1, -0.05) is 18.2 Å². The molecule has 1 aliphatic heterocycles. The molecular weight excluding hydrogens is 242 g/mol. The van der Waals surface area contributed by atoms with Crippen molar-refractivity contribution < 1.29 is 14.6 Å². The first kappa shape index (κ1) is 12.1. The fraction of sp³-hybridized carbons (Fsp3) is 0.333. The van der Waals surface area contributed by atoms with Gasteiger partial charge in [0, 0.05) is 17.4 Å². The van der Waals surface area contributed by atoms with E-state index in [4.69, 9.17) is 4.74 Å². The highest BCUT2D eigenvalue weighted by Gasteiger charge is 2.29. The number of fused-ring (bicyclic) bond motifs is 2. The van der Waals surface area contributed by atoms with Gasteiger partial charge < -0.3 is 9.84 Å². The van der Waals surface area contributed by atoms with E-state index in [0.717, 1.165) is 16.8 Å². The van der Waals surface area contributed by atoms with Crippen LogP contribution in [0.15, 0.2) is 24.3 Å². The first-order chi connectivity index (χ1) is 9.08. The van der Waals surface area contributed by atoms with Crippen LogP contribution in [0, 0.1) is 0 Å². The van der Waals surface area contributed by atoms with E-state index in [-0.39, 0.29) is 12.2 Å². The lowest BCUT2D eigenvalue weighted by atomic mass is 9.92. The van der Waals surface area contributed by atoms with E-state index in [1.165, 1.54) is 0 Å². The summed E-state index contributed by atoms with van der Waals surface area (Å²) >= 11 is 0. The third-order valence-electron chi connectivity index (χ3n) is 3.55. The Morgan fingerprint density at radius 2 is 2.11 bits per heavy atom. The fourth-order valence-corrected chi connectivity index (χ4v) is 2.84. The molecule has 1 aromatic heterocycles. The molecule has 3 rings (SSSR count). The summed E-state index contributed by atoms with van der Waals surface area (Å²) in [6.45, 7) is 3.87. The van der Waals surface area contributed by atoms with Gasteiger partial charge >= 0.3 is 5.97 Å². The first-order valence-corrected chi connectivity index (χ1v) is 6.38. The van der Waals surface area contributed by atoms with Crippen LogP contribution in [-0.2, 0) is 11.2 Å². The minimum atomic E-state index is -0.917. The molecule has 2 aromatic rings. The van der Waals surface area contributed by atoms with Crippen molar-refractivity contribution in [3.05, 3.63) is 41.1 Å². The molecule has 0 fully saturated rings. The van der Waals surface area contributed by atoms with Crippen LogP contribution in [-0.4, -0.2) is 22.2 Å². The Morgan fingerprint density at radius 1 is 1.37 bits per heavy atom. The second-order valence-electron chi connectivity index (χ2n) is 4.96. The van der Waals surface area contributed by atoms with E-state index >= 15 is 0 Å². The summed E-state index contributed by atoms with van der Waals surface area (Å²) in [6.07, 6.45) is 0.491. The van der Waals surface area contributed by atoms with Crippen molar-refractivity contribution in [1.29, 1.82) is 0 Å². The van der Waals surface area contributed by atoms with Gasteiger partial charge in [-0.3, -0.25) is 4.98 Å². The monoisotopic (exact) mass is 257 g/mol. The third kappa shape index (κ3) is 1.88. The van der Waals surface area contributed by atoms with Crippen LogP contribution in [0.25, 0.3) is 10.9 Å². The Morgan fingerprint density at radius 3 is 2.84 bits per heavy atom. The average Bonchev–Trinajstić information content (AvgIpc) is 2.35. The van der Waals surface area contributed by atoms with E-state index in [0.29, 0.717) is 17.4 Å². The predicted molar refractivity (Wildman–Crippen MR) is 71.4 cm³/mol. The molecule has 98 valence electrons. The lowest BCUT2D eigenvalue weighted by Crippen LogP contribution is -2.26. The standard InChI is InChI=1S/C15H15NO3/c1-8-7-12-13(9(2)19-8)14(15(17)18)10-5-3-4-6-11(10)16-12/h3-6,8-9H,7H2,1-2H3,(H,17,18). The van der Waals surface area contributed by atoms with Gasteiger partial charge in [-0.25, -0.2) is 4.79 Å². The molecule has 4 heteroatoms. The van der Waals surface area contributed by atoms with Gasteiger partial charge in [0.25, 0.3) is 0 Å². The minimum Gasteiger partial charge on any atom is -0.478 e. The molecule has 4 nitrogen and oxygen atoms in total. The number of hydrogen-bond donors (Lipinski definition) is 1. The van der Waals surface area contributed by atoms with Crippen molar-refractivity contribution >= 4 is 16.9 Å². The largest absolute Gasteiger partial charge is 0.478 e. The number of carboxylic acids is 1. The van der Waals surface area contributed by atoms with Crippen molar-refractivity contribution in [2.75, 3.05) is 0 Å². The Hall–Kier alpha value is -1.94. The smallest absolute Gasteiger partial charge is 0.336 e. The number of hydrogen-bond acceptors (Lipinski definition) is 3.